The van der Waals surface area contributed by atoms with E-state index in [9.17, 15) is 18.8 Å². The second-order valence-electron chi connectivity index (χ2n) is 6.21. The van der Waals surface area contributed by atoms with E-state index in [4.69, 9.17) is 0 Å². The average Bonchev–Trinajstić information content (AvgIpc) is 2.75. The first-order chi connectivity index (χ1) is 14.4. The maximum atomic E-state index is 13.8. The molecule has 6 nitrogen and oxygen atoms in total. The van der Waals surface area contributed by atoms with Gasteiger partial charge in [0.15, 0.2) is 0 Å². The molecule has 3 aromatic carbocycles. The first-order valence-corrected chi connectivity index (χ1v) is 9.68. The van der Waals surface area contributed by atoms with E-state index in [-0.39, 0.29) is 22.7 Å². The Bertz CT molecular complexity index is 1130. The van der Waals surface area contributed by atoms with Crippen molar-refractivity contribution in [3.05, 3.63) is 93.7 Å². The summed E-state index contributed by atoms with van der Waals surface area (Å²) in [5, 5.41) is 7.69. The normalized spacial score (nSPS) is 10.2. The number of benzene rings is 3. The van der Waals surface area contributed by atoms with Gasteiger partial charge in [0.1, 0.15) is 5.82 Å². The number of carbonyl (C=O) groups excluding carboxylic acids is 3. The van der Waals surface area contributed by atoms with Crippen molar-refractivity contribution in [2.24, 2.45) is 0 Å². The van der Waals surface area contributed by atoms with Crippen LogP contribution in [0.1, 0.15) is 31.1 Å². The van der Waals surface area contributed by atoms with Crippen LogP contribution in [0.25, 0.3) is 0 Å². The van der Waals surface area contributed by atoms with Gasteiger partial charge in [0, 0.05) is 17.2 Å². The van der Waals surface area contributed by atoms with Gasteiger partial charge in [-0.1, -0.05) is 24.3 Å². The molecule has 0 heterocycles. The summed E-state index contributed by atoms with van der Waals surface area (Å²) < 4.78 is 14.5. The van der Waals surface area contributed by atoms with Crippen LogP contribution < -0.4 is 16.0 Å². The van der Waals surface area contributed by atoms with Gasteiger partial charge in [-0.25, -0.2) is 4.39 Å². The summed E-state index contributed by atoms with van der Waals surface area (Å²) in [6, 6.07) is 17.1. The predicted octanol–water partition coefficient (Wildman–Crippen LogP) is 4.45. The number of hydrogen-bond acceptors (Lipinski definition) is 3. The van der Waals surface area contributed by atoms with Crippen molar-refractivity contribution in [3.63, 3.8) is 0 Å². The quantitative estimate of drug-likeness (QED) is 0.515. The zero-order chi connectivity index (χ0) is 21.7. The highest BCUT2D eigenvalue weighted by Gasteiger charge is 2.17. The highest BCUT2D eigenvalue weighted by atomic mass is 79.9. The third-order valence-electron chi connectivity index (χ3n) is 4.23. The van der Waals surface area contributed by atoms with Gasteiger partial charge in [0.25, 0.3) is 17.7 Å². The lowest BCUT2D eigenvalue weighted by molar-refractivity contribution is 0.0956. The Morgan fingerprint density at radius 3 is 2.10 bits per heavy atom. The third kappa shape index (κ3) is 4.72. The van der Waals surface area contributed by atoms with Gasteiger partial charge in [-0.05, 0) is 58.4 Å². The highest BCUT2D eigenvalue weighted by molar-refractivity contribution is 9.10. The van der Waals surface area contributed by atoms with Crippen molar-refractivity contribution >= 4 is 45.0 Å². The summed E-state index contributed by atoms with van der Waals surface area (Å²) in [6.45, 7) is 0. The van der Waals surface area contributed by atoms with Gasteiger partial charge in [0.2, 0.25) is 0 Å². The maximum absolute atomic E-state index is 13.8. The van der Waals surface area contributed by atoms with Gasteiger partial charge in [-0.3, -0.25) is 14.4 Å². The smallest absolute Gasteiger partial charge is 0.257 e. The van der Waals surface area contributed by atoms with E-state index >= 15 is 0 Å². The molecule has 3 N–H and O–H groups in total. The fraction of sp³-hybridized carbons (Fsp3) is 0.0455. The third-order valence-corrected chi connectivity index (χ3v) is 4.93. The van der Waals surface area contributed by atoms with Crippen LogP contribution in [0.15, 0.2) is 71.2 Å². The van der Waals surface area contributed by atoms with Crippen LogP contribution in [0.2, 0.25) is 0 Å². The average molecular weight is 470 g/mol. The van der Waals surface area contributed by atoms with Crippen molar-refractivity contribution in [1.29, 1.82) is 0 Å². The molecular weight excluding hydrogens is 453 g/mol. The number of amides is 3. The van der Waals surface area contributed by atoms with E-state index in [1.807, 2.05) is 0 Å². The molecule has 0 aliphatic carbocycles. The Balaban J connectivity index is 1.84. The molecule has 0 unspecified atom stereocenters. The van der Waals surface area contributed by atoms with E-state index in [2.05, 4.69) is 31.9 Å². The Kier molecular flexibility index (Phi) is 6.58. The minimum atomic E-state index is -0.701. The number of rotatable bonds is 5. The molecule has 0 aliphatic rings. The van der Waals surface area contributed by atoms with Crippen molar-refractivity contribution in [2.75, 3.05) is 17.7 Å². The van der Waals surface area contributed by atoms with Crippen molar-refractivity contribution in [2.45, 2.75) is 0 Å². The molecule has 0 fully saturated rings. The fourth-order valence-electron chi connectivity index (χ4n) is 2.74. The number of carbonyl (C=O) groups is 3. The number of para-hydroxylation sites is 1. The number of nitrogens with one attached hydrogen (secondary N) is 3. The van der Waals surface area contributed by atoms with E-state index < -0.39 is 17.6 Å². The van der Waals surface area contributed by atoms with Crippen LogP contribution in [0.5, 0.6) is 0 Å². The van der Waals surface area contributed by atoms with Crippen molar-refractivity contribution < 1.29 is 18.8 Å². The van der Waals surface area contributed by atoms with Gasteiger partial charge in [0.05, 0.1) is 22.4 Å². The van der Waals surface area contributed by atoms with Gasteiger partial charge in [-0.2, -0.15) is 0 Å². The molecule has 0 saturated carbocycles. The summed E-state index contributed by atoms with van der Waals surface area (Å²) in [5.41, 5.74) is 0.993. The molecule has 0 saturated heterocycles. The molecular formula is C22H17BrFN3O3. The fourth-order valence-corrected chi connectivity index (χ4v) is 3.20. The van der Waals surface area contributed by atoms with E-state index in [1.165, 1.54) is 19.2 Å². The first-order valence-electron chi connectivity index (χ1n) is 8.88. The zero-order valence-corrected chi connectivity index (χ0v) is 17.4. The molecule has 0 radical (unpaired) electrons. The topological polar surface area (TPSA) is 87.3 Å². The standard InChI is InChI=1S/C22H17BrFN3O3/c1-25-20(28)16-12-13(10-11-18(16)24)26-22(30)15-7-3-5-9-19(15)27-21(29)14-6-2-4-8-17(14)23/h2-12H,1H3,(H,25,28)(H,26,30)(H,27,29). The van der Waals surface area contributed by atoms with Crippen molar-refractivity contribution in [3.8, 4) is 0 Å². The molecule has 3 amide bonds. The maximum Gasteiger partial charge on any atom is 0.257 e. The Morgan fingerprint density at radius 2 is 1.40 bits per heavy atom. The first kappa shape index (κ1) is 21.2. The predicted molar refractivity (Wildman–Crippen MR) is 116 cm³/mol. The molecule has 0 spiro atoms. The van der Waals surface area contributed by atoms with Crippen LogP contribution in [0, 0.1) is 5.82 Å². The van der Waals surface area contributed by atoms with Crippen LogP contribution >= 0.6 is 15.9 Å². The summed E-state index contributed by atoms with van der Waals surface area (Å²) >= 11 is 3.33. The SMILES string of the molecule is CNC(=O)c1cc(NC(=O)c2ccccc2NC(=O)c2ccccc2Br)ccc1F. The molecule has 152 valence electrons. The summed E-state index contributed by atoms with van der Waals surface area (Å²) in [5.74, 6) is -2.21. The van der Waals surface area contributed by atoms with Gasteiger partial charge < -0.3 is 16.0 Å². The van der Waals surface area contributed by atoms with Crippen molar-refractivity contribution in [1.82, 2.24) is 5.32 Å². The summed E-state index contributed by atoms with van der Waals surface area (Å²) in [7, 11) is 1.39. The Hall–Kier alpha value is -3.52. The summed E-state index contributed by atoms with van der Waals surface area (Å²) in [4.78, 5) is 37.2. The summed E-state index contributed by atoms with van der Waals surface area (Å²) in [6.07, 6.45) is 0. The second kappa shape index (κ2) is 9.32. The van der Waals surface area contributed by atoms with Crippen LogP contribution in [-0.4, -0.2) is 24.8 Å². The van der Waals surface area contributed by atoms with Crippen LogP contribution in [-0.2, 0) is 0 Å². The minimum Gasteiger partial charge on any atom is -0.355 e. The molecule has 0 aromatic heterocycles. The lowest BCUT2D eigenvalue weighted by Crippen LogP contribution is -2.21. The van der Waals surface area contributed by atoms with E-state index in [1.54, 1.807) is 48.5 Å². The number of hydrogen-bond donors (Lipinski definition) is 3. The molecule has 3 rings (SSSR count). The van der Waals surface area contributed by atoms with Crippen LogP contribution in [0.3, 0.4) is 0 Å². The molecule has 0 atom stereocenters. The minimum absolute atomic E-state index is 0.189. The molecule has 0 aliphatic heterocycles. The lowest BCUT2D eigenvalue weighted by atomic mass is 10.1. The zero-order valence-electron chi connectivity index (χ0n) is 15.8. The molecule has 0 bridgehead atoms. The van der Waals surface area contributed by atoms with E-state index in [0.29, 0.717) is 15.7 Å². The molecule has 30 heavy (non-hydrogen) atoms. The second-order valence-corrected chi connectivity index (χ2v) is 7.06. The van der Waals surface area contributed by atoms with Gasteiger partial charge in [-0.15, -0.1) is 0 Å². The lowest BCUT2D eigenvalue weighted by Gasteiger charge is -2.13. The molecule has 8 heteroatoms. The number of halogens is 2. The molecule has 3 aromatic rings. The van der Waals surface area contributed by atoms with E-state index in [0.717, 1.165) is 6.07 Å². The Labute approximate surface area is 180 Å². The monoisotopic (exact) mass is 469 g/mol. The Morgan fingerprint density at radius 1 is 0.767 bits per heavy atom. The van der Waals surface area contributed by atoms with Gasteiger partial charge >= 0.3 is 0 Å². The highest BCUT2D eigenvalue weighted by Crippen LogP contribution is 2.22. The van der Waals surface area contributed by atoms with Crippen LogP contribution in [0.4, 0.5) is 15.8 Å². The largest absolute Gasteiger partial charge is 0.355 e. The number of anilines is 2.